The molecule has 0 aliphatic rings. The van der Waals surface area contributed by atoms with Crippen molar-refractivity contribution < 1.29 is 31.8 Å². The van der Waals surface area contributed by atoms with Gasteiger partial charge in [0.2, 0.25) is 0 Å². The molecule has 0 bridgehead atoms. The molecular weight excluding hydrogens is 482 g/mol. The van der Waals surface area contributed by atoms with Gasteiger partial charge in [-0.25, -0.2) is 9.18 Å². The molecule has 186 valence electrons. The summed E-state index contributed by atoms with van der Waals surface area (Å²) in [6, 6.07) is 16.5. The number of aromatic nitrogens is 1. The van der Waals surface area contributed by atoms with Gasteiger partial charge in [-0.15, -0.1) is 13.2 Å². The van der Waals surface area contributed by atoms with Crippen LogP contribution in [-0.2, 0) is 4.74 Å². The number of rotatable bonds is 6. The number of ether oxygens (including phenoxy) is 2. The Morgan fingerprint density at radius 2 is 1.75 bits per heavy atom. The molecule has 1 heterocycles. The second kappa shape index (κ2) is 11.7. The molecule has 0 aliphatic heterocycles. The second-order valence-corrected chi connectivity index (χ2v) is 7.06. The van der Waals surface area contributed by atoms with Gasteiger partial charge in [0.1, 0.15) is 23.7 Å². The van der Waals surface area contributed by atoms with E-state index >= 15 is 0 Å². The molecule has 0 aliphatic carbocycles. The first-order valence-corrected chi connectivity index (χ1v) is 10.3. The van der Waals surface area contributed by atoms with E-state index in [-0.39, 0.29) is 11.6 Å². The van der Waals surface area contributed by atoms with E-state index in [1.165, 1.54) is 31.3 Å². The number of pyridine rings is 1. The van der Waals surface area contributed by atoms with E-state index in [1.807, 2.05) is 0 Å². The Labute approximate surface area is 203 Å². The molecule has 8 nitrogen and oxygen atoms in total. The minimum atomic E-state index is -4.77. The predicted octanol–water partition coefficient (Wildman–Crippen LogP) is 6.31. The Morgan fingerprint density at radius 1 is 1.06 bits per heavy atom. The van der Waals surface area contributed by atoms with Gasteiger partial charge in [0.15, 0.2) is 5.84 Å². The first-order valence-electron chi connectivity index (χ1n) is 10.3. The van der Waals surface area contributed by atoms with Crippen molar-refractivity contribution in [1.82, 2.24) is 4.98 Å². The maximum atomic E-state index is 13.0. The molecule has 0 spiro atoms. The lowest BCUT2D eigenvalue weighted by molar-refractivity contribution is -0.274. The van der Waals surface area contributed by atoms with Crippen LogP contribution < -0.4 is 10.1 Å². The Hall–Kier alpha value is -4.57. The van der Waals surface area contributed by atoms with Crippen molar-refractivity contribution in [1.29, 1.82) is 0 Å². The second-order valence-electron chi connectivity index (χ2n) is 7.06. The number of amidine groups is 1. The van der Waals surface area contributed by atoms with E-state index < -0.39 is 24.4 Å². The number of halogens is 4. The number of alkyl halides is 3. The van der Waals surface area contributed by atoms with Crippen LogP contribution in [0.2, 0.25) is 0 Å². The van der Waals surface area contributed by atoms with Crippen LogP contribution in [0.3, 0.4) is 0 Å². The molecular formula is C24H19F4N5O3. The largest absolute Gasteiger partial charge is 0.573 e. The molecule has 1 N–H and O–H groups in total. The summed E-state index contributed by atoms with van der Waals surface area (Å²) in [6.07, 6.45) is -5.15. The Balaban J connectivity index is 1.58. The maximum absolute atomic E-state index is 13.0. The number of aliphatic imine (C=N–C) groups is 3. The zero-order chi connectivity index (χ0) is 26.1. The van der Waals surface area contributed by atoms with E-state index in [2.05, 4.69) is 36.0 Å². The summed E-state index contributed by atoms with van der Waals surface area (Å²) in [5.41, 5.74) is 1.75. The molecule has 0 saturated heterocycles. The number of carbonyl (C=O) groups excluding carboxylic acids is 1. The summed E-state index contributed by atoms with van der Waals surface area (Å²) >= 11 is 0. The monoisotopic (exact) mass is 501 g/mol. The van der Waals surface area contributed by atoms with Crippen LogP contribution >= 0.6 is 0 Å². The fourth-order valence-corrected chi connectivity index (χ4v) is 2.79. The lowest BCUT2D eigenvalue weighted by Gasteiger charge is -2.13. The number of hydrogen-bond donors (Lipinski definition) is 1. The molecule has 3 rings (SSSR count). The van der Waals surface area contributed by atoms with Gasteiger partial charge in [0.05, 0.1) is 17.6 Å². The average molecular weight is 501 g/mol. The highest BCUT2D eigenvalue weighted by molar-refractivity contribution is 6.02. The van der Waals surface area contributed by atoms with Crippen LogP contribution in [0.4, 0.5) is 33.7 Å². The Bertz CT molecular complexity index is 1270. The van der Waals surface area contributed by atoms with E-state index in [9.17, 15) is 22.4 Å². The lowest BCUT2D eigenvalue weighted by Crippen LogP contribution is -2.16. The molecule has 12 heteroatoms. The number of nitrogens with one attached hydrogen (secondary N) is 1. The zero-order valence-corrected chi connectivity index (χ0v) is 19.0. The summed E-state index contributed by atoms with van der Waals surface area (Å²) in [5, 5.41) is 2.57. The highest BCUT2D eigenvalue weighted by Gasteiger charge is 2.30. The van der Waals surface area contributed by atoms with Crippen molar-refractivity contribution >= 4 is 29.3 Å². The quantitative estimate of drug-likeness (QED) is 0.243. The number of amides is 1. The summed E-state index contributed by atoms with van der Waals surface area (Å²) in [4.78, 5) is 28.0. The first-order chi connectivity index (χ1) is 17.1. The Morgan fingerprint density at radius 3 is 2.33 bits per heavy atom. The van der Waals surface area contributed by atoms with E-state index in [1.54, 1.807) is 31.2 Å². The summed E-state index contributed by atoms with van der Waals surface area (Å²) in [6.45, 7) is 1.61. The third kappa shape index (κ3) is 8.03. The highest BCUT2D eigenvalue weighted by atomic mass is 19.4. The van der Waals surface area contributed by atoms with Gasteiger partial charge in [-0.05, 0) is 67.6 Å². The third-order valence-electron chi connectivity index (χ3n) is 4.46. The van der Waals surface area contributed by atoms with Crippen LogP contribution in [0.25, 0.3) is 0 Å². The van der Waals surface area contributed by atoms with Gasteiger partial charge in [0, 0.05) is 18.3 Å². The summed E-state index contributed by atoms with van der Waals surface area (Å²) in [7, 11) is 1.51. The van der Waals surface area contributed by atoms with Gasteiger partial charge >= 0.3 is 12.5 Å². The van der Waals surface area contributed by atoms with Gasteiger partial charge in [0.25, 0.3) is 0 Å². The number of carbonyl (C=O) groups is 1. The molecule has 0 radical (unpaired) electrons. The van der Waals surface area contributed by atoms with Gasteiger partial charge in [-0.1, -0.05) is 0 Å². The van der Waals surface area contributed by atoms with Crippen molar-refractivity contribution in [2.24, 2.45) is 15.0 Å². The summed E-state index contributed by atoms with van der Waals surface area (Å²) in [5.74, 6) is -0.580. The number of hydrogen-bond acceptors (Lipinski definition) is 6. The Kier molecular flexibility index (Phi) is 8.48. The third-order valence-corrected chi connectivity index (χ3v) is 4.46. The van der Waals surface area contributed by atoms with Gasteiger partial charge in [-0.2, -0.15) is 9.98 Å². The zero-order valence-electron chi connectivity index (χ0n) is 19.0. The van der Waals surface area contributed by atoms with Crippen molar-refractivity contribution in [3.8, 4) is 5.75 Å². The van der Waals surface area contributed by atoms with Crippen molar-refractivity contribution in [3.63, 3.8) is 0 Å². The molecule has 2 aromatic carbocycles. The molecule has 1 atom stereocenters. The molecule has 1 unspecified atom stereocenters. The molecule has 0 saturated carbocycles. The van der Waals surface area contributed by atoms with Crippen molar-refractivity contribution in [2.75, 3.05) is 12.4 Å². The topological polar surface area (TPSA) is 97.5 Å². The minimum Gasteiger partial charge on any atom is -0.440 e. The maximum Gasteiger partial charge on any atom is 0.573 e. The smallest absolute Gasteiger partial charge is 0.440 e. The van der Waals surface area contributed by atoms with Crippen LogP contribution in [-0.4, -0.2) is 36.3 Å². The molecule has 36 heavy (non-hydrogen) atoms. The van der Waals surface area contributed by atoms with Crippen LogP contribution in [0, 0.1) is 5.82 Å². The molecule has 3 aromatic rings. The SMILES string of the molecule is C/N=C(\N=C=Nc1ccc(OC(F)(F)F)cc1)c1ccc(NC(=O)OC(C)c2ccc(F)cn2)cc1. The van der Waals surface area contributed by atoms with E-state index in [0.717, 1.165) is 18.3 Å². The van der Waals surface area contributed by atoms with Gasteiger partial charge in [-0.3, -0.25) is 15.3 Å². The molecule has 0 fully saturated rings. The minimum absolute atomic E-state index is 0.279. The average Bonchev–Trinajstić information content (AvgIpc) is 2.83. The summed E-state index contributed by atoms with van der Waals surface area (Å²) < 4.78 is 58.7. The van der Waals surface area contributed by atoms with Crippen LogP contribution in [0.15, 0.2) is 81.8 Å². The lowest BCUT2D eigenvalue weighted by atomic mass is 10.2. The van der Waals surface area contributed by atoms with Crippen LogP contribution in [0.1, 0.15) is 24.3 Å². The molecule has 1 aromatic heterocycles. The van der Waals surface area contributed by atoms with Crippen molar-refractivity contribution in [2.45, 2.75) is 19.4 Å². The fraction of sp³-hybridized carbons (Fsp3) is 0.167. The number of benzene rings is 2. The first kappa shape index (κ1) is 26.0. The normalized spacial score (nSPS) is 12.2. The number of nitrogens with zero attached hydrogens (tertiary/aromatic N) is 4. The number of anilines is 1. The highest BCUT2D eigenvalue weighted by Crippen LogP contribution is 2.24. The van der Waals surface area contributed by atoms with E-state index in [4.69, 9.17) is 4.74 Å². The fourth-order valence-electron chi connectivity index (χ4n) is 2.79. The van der Waals surface area contributed by atoms with E-state index in [0.29, 0.717) is 22.6 Å². The predicted molar refractivity (Wildman–Crippen MR) is 124 cm³/mol. The van der Waals surface area contributed by atoms with Crippen LogP contribution in [0.5, 0.6) is 5.75 Å². The van der Waals surface area contributed by atoms with Gasteiger partial charge < -0.3 is 9.47 Å². The van der Waals surface area contributed by atoms with Crippen molar-refractivity contribution in [3.05, 3.63) is 83.9 Å². The molecule has 1 amide bonds. The standard InChI is InChI=1S/C24H19F4N5O3/c1-15(21-12-5-17(25)13-30-21)35-23(34)33-19-6-3-16(4-7-19)22(29-2)32-14-31-18-8-10-20(11-9-18)36-24(26,27)28/h3-13,15H,1-2H3,(H,33,34)/b29-22-.